The number of fused-ring (bicyclic) bond motifs is 1. The molecule has 0 aliphatic carbocycles. The first-order chi connectivity index (χ1) is 13.5. The Morgan fingerprint density at radius 2 is 1.93 bits per heavy atom. The molecular formula is C21H22Br2N2O3. The van der Waals surface area contributed by atoms with Gasteiger partial charge in [-0.2, -0.15) is 0 Å². The first kappa shape index (κ1) is 20.7. The summed E-state index contributed by atoms with van der Waals surface area (Å²) in [5.74, 6) is -0.313. The Morgan fingerprint density at radius 3 is 2.54 bits per heavy atom. The smallest absolute Gasteiger partial charge is 0.338 e. The van der Waals surface area contributed by atoms with E-state index >= 15 is 0 Å². The van der Waals surface area contributed by atoms with Crippen LogP contribution >= 0.6 is 31.9 Å². The maximum Gasteiger partial charge on any atom is 0.338 e. The Kier molecular flexibility index (Phi) is 6.67. The first-order valence-corrected chi connectivity index (χ1v) is 10.7. The molecule has 0 saturated carbocycles. The van der Waals surface area contributed by atoms with Gasteiger partial charge in [0.1, 0.15) is 5.75 Å². The van der Waals surface area contributed by atoms with Crippen molar-refractivity contribution in [3.05, 3.63) is 56.6 Å². The lowest BCUT2D eigenvalue weighted by Gasteiger charge is -2.13. The molecule has 2 N–H and O–H groups in total. The summed E-state index contributed by atoms with van der Waals surface area (Å²) in [6.45, 7) is 3.31. The summed E-state index contributed by atoms with van der Waals surface area (Å²) in [7, 11) is 1.58. The number of hydrogen-bond acceptors (Lipinski definition) is 3. The van der Waals surface area contributed by atoms with Gasteiger partial charge in [0, 0.05) is 22.1 Å². The van der Waals surface area contributed by atoms with Crippen molar-refractivity contribution < 1.29 is 14.6 Å². The van der Waals surface area contributed by atoms with Crippen LogP contribution in [-0.2, 0) is 13.1 Å². The van der Waals surface area contributed by atoms with Crippen LogP contribution in [0.3, 0.4) is 0 Å². The zero-order valence-corrected chi connectivity index (χ0v) is 18.9. The zero-order chi connectivity index (χ0) is 20.3. The standard InChI is InChI=1S/C21H22Br2N2O3/c1-3-4-9-25-17-11-16(23)19(28-2)10-15(17)20(21(26)27)18(25)12-24-14-7-5-13(22)6-8-14/h5-8,10-11,24H,3-4,9,12H2,1-2H3,(H,26,27). The van der Waals surface area contributed by atoms with E-state index in [0.29, 0.717) is 23.2 Å². The van der Waals surface area contributed by atoms with Crippen LogP contribution in [0.25, 0.3) is 10.9 Å². The largest absolute Gasteiger partial charge is 0.496 e. The Hall–Kier alpha value is -1.99. The minimum atomic E-state index is -0.933. The van der Waals surface area contributed by atoms with E-state index in [9.17, 15) is 9.90 Å². The van der Waals surface area contributed by atoms with E-state index in [1.165, 1.54) is 0 Å². The van der Waals surface area contributed by atoms with Crippen molar-refractivity contribution in [2.24, 2.45) is 0 Å². The lowest BCUT2D eigenvalue weighted by molar-refractivity contribution is 0.0697. The molecule has 1 heterocycles. The lowest BCUT2D eigenvalue weighted by Crippen LogP contribution is -2.12. The number of carboxylic acids is 1. The van der Waals surface area contributed by atoms with Gasteiger partial charge in [0.2, 0.25) is 0 Å². The summed E-state index contributed by atoms with van der Waals surface area (Å²) in [5, 5.41) is 14.0. The monoisotopic (exact) mass is 508 g/mol. The van der Waals surface area contributed by atoms with Crippen molar-refractivity contribution in [2.45, 2.75) is 32.9 Å². The number of aromatic nitrogens is 1. The molecule has 0 fully saturated rings. The number of aryl methyl sites for hydroxylation is 1. The number of anilines is 1. The fraction of sp³-hybridized carbons (Fsp3) is 0.286. The molecule has 0 radical (unpaired) electrons. The second kappa shape index (κ2) is 9.01. The highest BCUT2D eigenvalue weighted by atomic mass is 79.9. The van der Waals surface area contributed by atoms with E-state index in [1.54, 1.807) is 13.2 Å². The molecule has 0 spiro atoms. The minimum absolute atomic E-state index is 0.321. The molecule has 5 nitrogen and oxygen atoms in total. The number of benzene rings is 2. The molecule has 0 unspecified atom stereocenters. The Balaban J connectivity index is 2.12. The van der Waals surface area contributed by atoms with Crippen molar-refractivity contribution in [1.29, 1.82) is 0 Å². The molecule has 3 aromatic rings. The molecule has 0 aliphatic heterocycles. The fourth-order valence-corrected chi connectivity index (χ4v) is 4.06. The van der Waals surface area contributed by atoms with Gasteiger partial charge in [-0.3, -0.25) is 0 Å². The number of rotatable bonds is 8. The Bertz CT molecular complexity index is 997. The van der Waals surface area contributed by atoms with Gasteiger partial charge in [-0.05, 0) is 58.7 Å². The number of nitrogens with one attached hydrogen (secondary N) is 1. The average molecular weight is 510 g/mol. The number of methoxy groups -OCH3 is 1. The zero-order valence-electron chi connectivity index (χ0n) is 15.8. The summed E-state index contributed by atoms with van der Waals surface area (Å²) >= 11 is 6.96. The second-order valence-corrected chi connectivity index (χ2v) is 8.27. The van der Waals surface area contributed by atoms with Crippen molar-refractivity contribution in [1.82, 2.24) is 4.57 Å². The molecule has 1 aromatic heterocycles. The van der Waals surface area contributed by atoms with E-state index in [0.717, 1.165) is 45.2 Å². The fourth-order valence-electron chi connectivity index (χ4n) is 3.31. The third kappa shape index (κ3) is 4.20. The third-order valence-electron chi connectivity index (χ3n) is 4.70. The number of nitrogens with zero attached hydrogens (tertiary/aromatic N) is 1. The van der Waals surface area contributed by atoms with Gasteiger partial charge in [0.25, 0.3) is 0 Å². The van der Waals surface area contributed by atoms with Gasteiger partial charge in [0.15, 0.2) is 0 Å². The van der Waals surface area contributed by atoms with Crippen LogP contribution in [0.2, 0.25) is 0 Å². The summed E-state index contributed by atoms with van der Waals surface area (Å²) < 4.78 is 9.30. The van der Waals surface area contributed by atoms with Gasteiger partial charge in [-0.1, -0.05) is 29.3 Å². The quantitative estimate of drug-likeness (QED) is 0.374. The normalized spacial score (nSPS) is 11.0. The maximum atomic E-state index is 12.2. The summed E-state index contributed by atoms with van der Waals surface area (Å²) in [4.78, 5) is 12.2. The summed E-state index contributed by atoms with van der Waals surface area (Å²) in [5.41, 5.74) is 2.91. The van der Waals surface area contributed by atoms with Crippen LogP contribution < -0.4 is 10.1 Å². The number of ether oxygens (including phenoxy) is 1. The van der Waals surface area contributed by atoms with Crippen molar-refractivity contribution in [2.75, 3.05) is 12.4 Å². The van der Waals surface area contributed by atoms with Gasteiger partial charge >= 0.3 is 5.97 Å². The number of unbranched alkanes of at least 4 members (excludes halogenated alkanes) is 1. The number of carbonyl (C=O) groups is 1. The van der Waals surface area contributed by atoms with Gasteiger partial charge < -0.3 is 19.7 Å². The molecule has 148 valence electrons. The third-order valence-corrected chi connectivity index (χ3v) is 5.85. The van der Waals surface area contributed by atoms with Crippen molar-refractivity contribution in [3.63, 3.8) is 0 Å². The number of carboxylic acid groups (broad SMARTS) is 1. The van der Waals surface area contributed by atoms with Crippen LogP contribution in [0.15, 0.2) is 45.3 Å². The Labute approximate surface area is 180 Å². The van der Waals surface area contributed by atoms with Crippen LogP contribution in [-0.4, -0.2) is 22.8 Å². The molecule has 28 heavy (non-hydrogen) atoms. The topological polar surface area (TPSA) is 63.5 Å². The van der Waals surface area contributed by atoms with Crippen molar-refractivity contribution in [3.8, 4) is 5.75 Å². The van der Waals surface area contributed by atoms with Gasteiger partial charge in [-0.25, -0.2) is 4.79 Å². The van der Waals surface area contributed by atoms with Crippen molar-refractivity contribution >= 4 is 54.4 Å². The maximum absolute atomic E-state index is 12.2. The second-order valence-electron chi connectivity index (χ2n) is 6.50. The number of hydrogen-bond donors (Lipinski definition) is 2. The molecular weight excluding hydrogens is 488 g/mol. The molecule has 0 amide bonds. The van der Waals surface area contributed by atoms with E-state index in [-0.39, 0.29) is 0 Å². The predicted molar refractivity (Wildman–Crippen MR) is 120 cm³/mol. The molecule has 2 aromatic carbocycles. The average Bonchev–Trinajstić information content (AvgIpc) is 2.97. The highest BCUT2D eigenvalue weighted by Gasteiger charge is 2.23. The summed E-state index contributed by atoms with van der Waals surface area (Å²) in [6, 6.07) is 11.6. The molecule has 0 aliphatic rings. The highest BCUT2D eigenvalue weighted by molar-refractivity contribution is 9.10. The van der Waals surface area contributed by atoms with Crippen LogP contribution in [0.4, 0.5) is 5.69 Å². The summed E-state index contributed by atoms with van der Waals surface area (Å²) in [6.07, 6.45) is 2.00. The van der Waals surface area contributed by atoms with Crippen LogP contribution in [0.5, 0.6) is 5.75 Å². The van der Waals surface area contributed by atoms with Crippen LogP contribution in [0, 0.1) is 0 Å². The lowest BCUT2D eigenvalue weighted by atomic mass is 10.1. The number of aromatic carboxylic acids is 1. The SMILES string of the molecule is CCCCn1c(CNc2ccc(Br)cc2)c(C(=O)O)c2cc(OC)c(Br)cc21. The number of halogens is 2. The highest BCUT2D eigenvalue weighted by Crippen LogP contribution is 2.36. The minimum Gasteiger partial charge on any atom is -0.496 e. The van der Waals surface area contributed by atoms with E-state index in [2.05, 4.69) is 48.7 Å². The van der Waals surface area contributed by atoms with Gasteiger partial charge in [0.05, 0.1) is 34.9 Å². The predicted octanol–water partition coefficient (Wildman–Crippen LogP) is 6.29. The first-order valence-electron chi connectivity index (χ1n) is 9.07. The Morgan fingerprint density at radius 1 is 1.21 bits per heavy atom. The molecule has 0 atom stereocenters. The molecule has 0 saturated heterocycles. The molecule has 7 heteroatoms. The molecule has 3 rings (SSSR count). The van der Waals surface area contributed by atoms with E-state index in [4.69, 9.17) is 4.74 Å². The van der Waals surface area contributed by atoms with Gasteiger partial charge in [-0.15, -0.1) is 0 Å². The van der Waals surface area contributed by atoms with E-state index in [1.807, 2.05) is 30.3 Å². The van der Waals surface area contributed by atoms with Crippen LogP contribution in [0.1, 0.15) is 35.8 Å². The van der Waals surface area contributed by atoms with E-state index < -0.39 is 5.97 Å². The molecule has 0 bridgehead atoms.